The highest BCUT2D eigenvalue weighted by molar-refractivity contribution is 5.37. The molecule has 0 aliphatic heterocycles. The van der Waals surface area contributed by atoms with Gasteiger partial charge in [0.05, 0.1) is 0 Å². The summed E-state index contributed by atoms with van der Waals surface area (Å²) in [5, 5.41) is 3.72. The Balaban J connectivity index is 1.73. The Hall–Kier alpha value is -1.60. The Bertz CT molecular complexity index is 586. The van der Waals surface area contributed by atoms with Crippen LogP contribution in [-0.4, -0.2) is 0 Å². The highest BCUT2D eigenvalue weighted by atomic mass is 14.9. The molecule has 0 saturated carbocycles. The summed E-state index contributed by atoms with van der Waals surface area (Å²) in [6.07, 6.45) is 2.44. The second kappa shape index (κ2) is 5.18. The van der Waals surface area contributed by atoms with Gasteiger partial charge in [-0.25, -0.2) is 0 Å². The lowest BCUT2D eigenvalue weighted by Crippen LogP contribution is -2.19. The summed E-state index contributed by atoms with van der Waals surface area (Å²) in [6, 6.07) is 16.0. The lowest BCUT2D eigenvalue weighted by atomic mass is 10.0. The zero-order valence-corrected chi connectivity index (χ0v) is 11.7. The minimum atomic E-state index is 0.523. The molecule has 0 fully saturated rings. The second-order valence-electron chi connectivity index (χ2n) is 5.60. The fourth-order valence-corrected chi connectivity index (χ4v) is 2.98. The molecule has 0 heterocycles. The fourth-order valence-electron chi connectivity index (χ4n) is 2.98. The van der Waals surface area contributed by atoms with Gasteiger partial charge in [-0.1, -0.05) is 48.0 Å². The summed E-state index contributed by atoms with van der Waals surface area (Å²) < 4.78 is 0. The molecule has 2 aromatic rings. The number of nitrogens with one attached hydrogen (secondary N) is 1. The van der Waals surface area contributed by atoms with Crippen LogP contribution < -0.4 is 5.32 Å². The molecule has 0 spiro atoms. The second-order valence-corrected chi connectivity index (χ2v) is 5.60. The first-order chi connectivity index (χ1) is 9.24. The summed E-state index contributed by atoms with van der Waals surface area (Å²) in [6.45, 7) is 5.32. The van der Waals surface area contributed by atoms with E-state index in [0.29, 0.717) is 6.04 Å². The van der Waals surface area contributed by atoms with Crippen molar-refractivity contribution >= 4 is 0 Å². The van der Waals surface area contributed by atoms with Crippen LogP contribution in [0.2, 0.25) is 0 Å². The fraction of sp³-hybridized carbons (Fsp3) is 0.333. The Morgan fingerprint density at radius 2 is 1.95 bits per heavy atom. The Morgan fingerprint density at radius 3 is 2.79 bits per heavy atom. The van der Waals surface area contributed by atoms with Crippen LogP contribution in [0.1, 0.15) is 40.3 Å². The summed E-state index contributed by atoms with van der Waals surface area (Å²) in [4.78, 5) is 0. The minimum Gasteiger partial charge on any atom is -0.306 e. The first kappa shape index (κ1) is 12.4. The number of fused-ring (bicyclic) bond motifs is 1. The van der Waals surface area contributed by atoms with Gasteiger partial charge in [0, 0.05) is 12.6 Å². The molecule has 98 valence electrons. The minimum absolute atomic E-state index is 0.523. The molecule has 19 heavy (non-hydrogen) atoms. The van der Waals surface area contributed by atoms with Crippen molar-refractivity contribution in [2.45, 2.75) is 39.3 Å². The maximum Gasteiger partial charge on any atom is 0.0329 e. The van der Waals surface area contributed by atoms with Crippen molar-refractivity contribution in [1.82, 2.24) is 5.32 Å². The van der Waals surface area contributed by atoms with Crippen LogP contribution in [0.3, 0.4) is 0 Å². The van der Waals surface area contributed by atoms with Gasteiger partial charge in [-0.2, -0.15) is 0 Å². The van der Waals surface area contributed by atoms with Gasteiger partial charge in [-0.05, 0) is 48.9 Å². The SMILES string of the molecule is Cc1ccc2c(c1)C(NCc1ccccc1C)CC2. The highest BCUT2D eigenvalue weighted by Gasteiger charge is 2.21. The molecule has 1 aliphatic rings. The average Bonchev–Trinajstić information content (AvgIpc) is 2.80. The number of aryl methyl sites for hydroxylation is 3. The molecule has 1 N–H and O–H groups in total. The van der Waals surface area contributed by atoms with E-state index in [1.165, 1.54) is 40.7 Å². The number of hydrogen-bond donors (Lipinski definition) is 1. The molecule has 1 atom stereocenters. The number of benzene rings is 2. The lowest BCUT2D eigenvalue weighted by molar-refractivity contribution is 0.529. The third-order valence-electron chi connectivity index (χ3n) is 4.18. The Morgan fingerprint density at radius 1 is 1.11 bits per heavy atom. The van der Waals surface area contributed by atoms with Crippen LogP contribution in [0.15, 0.2) is 42.5 Å². The smallest absolute Gasteiger partial charge is 0.0329 e. The van der Waals surface area contributed by atoms with E-state index in [9.17, 15) is 0 Å². The third kappa shape index (κ3) is 2.57. The summed E-state index contributed by atoms with van der Waals surface area (Å²) >= 11 is 0. The molecule has 3 rings (SSSR count). The Labute approximate surface area is 115 Å². The van der Waals surface area contributed by atoms with E-state index in [1.807, 2.05) is 0 Å². The van der Waals surface area contributed by atoms with Gasteiger partial charge in [0.1, 0.15) is 0 Å². The average molecular weight is 251 g/mol. The zero-order chi connectivity index (χ0) is 13.2. The van der Waals surface area contributed by atoms with E-state index < -0.39 is 0 Å². The number of hydrogen-bond acceptors (Lipinski definition) is 1. The normalized spacial score (nSPS) is 17.5. The van der Waals surface area contributed by atoms with Gasteiger partial charge in [0.25, 0.3) is 0 Å². The maximum absolute atomic E-state index is 3.72. The van der Waals surface area contributed by atoms with Crippen molar-refractivity contribution in [1.29, 1.82) is 0 Å². The predicted octanol–water partition coefficient (Wildman–Crippen LogP) is 4.08. The summed E-state index contributed by atoms with van der Waals surface area (Å²) in [5.41, 5.74) is 7.17. The third-order valence-corrected chi connectivity index (χ3v) is 4.18. The van der Waals surface area contributed by atoms with Crippen LogP contribution in [0.4, 0.5) is 0 Å². The molecule has 1 unspecified atom stereocenters. The van der Waals surface area contributed by atoms with Crippen molar-refractivity contribution in [3.63, 3.8) is 0 Å². The van der Waals surface area contributed by atoms with Crippen molar-refractivity contribution in [3.8, 4) is 0 Å². The molecule has 2 aromatic carbocycles. The van der Waals surface area contributed by atoms with Crippen molar-refractivity contribution in [2.24, 2.45) is 0 Å². The topological polar surface area (TPSA) is 12.0 Å². The number of rotatable bonds is 3. The first-order valence-corrected chi connectivity index (χ1v) is 7.11. The molecular weight excluding hydrogens is 230 g/mol. The van der Waals surface area contributed by atoms with Crippen LogP contribution >= 0.6 is 0 Å². The van der Waals surface area contributed by atoms with Crippen LogP contribution in [0.5, 0.6) is 0 Å². The van der Waals surface area contributed by atoms with Crippen LogP contribution in [0, 0.1) is 13.8 Å². The quantitative estimate of drug-likeness (QED) is 0.866. The van der Waals surface area contributed by atoms with Crippen LogP contribution in [-0.2, 0) is 13.0 Å². The molecule has 0 radical (unpaired) electrons. The predicted molar refractivity (Wildman–Crippen MR) is 80.3 cm³/mol. The van der Waals surface area contributed by atoms with Gasteiger partial charge in [-0.3, -0.25) is 0 Å². The summed E-state index contributed by atoms with van der Waals surface area (Å²) in [5.74, 6) is 0. The molecule has 0 bridgehead atoms. The molecule has 1 nitrogen and oxygen atoms in total. The molecule has 0 amide bonds. The van der Waals surface area contributed by atoms with Crippen molar-refractivity contribution < 1.29 is 0 Å². The van der Waals surface area contributed by atoms with Gasteiger partial charge in [0.2, 0.25) is 0 Å². The van der Waals surface area contributed by atoms with Gasteiger partial charge < -0.3 is 5.32 Å². The highest BCUT2D eigenvalue weighted by Crippen LogP contribution is 2.32. The maximum atomic E-state index is 3.72. The molecule has 1 aliphatic carbocycles. The lowest BCUT2D eigenvalue weighted by Gasteiger charge is -2.15. The van der Waals surface area contributed by atoms with E-state index >= 15 is 0 Å². The van der Waals surface area contributed by atoms with E-state index in [4.69, 9.17) is 0 Å². The van der Waals surface area contributed by atoms with Gasteiger partial charge in [0.15, 0.2) is 0 Å². The summed E-state index contributed by atoms with van der Waals surface area (Å²) in [7, 11) is 0. The molecule has 1 heteroatoms. The van der Waals surface area contributed by atoms with Crippen molar-refractivity contribution in [2.75, 3.05) is 0 Å². The first-order valence-electron chi connectivity index (χ1n) is 7.11. The van der Waals surface area contributed by atoms with Crippen LogP contribution in [0.25, 0.3) is 0 Å². The van der Waals surface area contributed by atoms with E-state index in [0.717, 1.165) is 6.54 Å². The zero-order valence-electron chi connectivity index (χ0n) is 11.7. The largest absolute Gasteiger partial charge is 0.306 e. The molecular formula is C18H21N. The van der Waals surface area contributed by atoms with E-state index in [-0.39, 0.29) is 0 Å². The van der Waals surface area contributed by atoms with Gasteiger partial charge >= 0.3 is 0 Å². The van der Waals surface area contributed by atoms with E-state index in [2.05, 4.69) is 61.6 Å². The van der Waals surface area contributed by atoms with E-state index in [1.54, 1.807) is 0 Å². The monoisotopic (exact) mass is 251 g/mol. The molecule has 0 saturated heterocycles. The van der Waals surface area contributed by atoms with Gasteiger partial charge in [-0.15, -0.1) is 0 Å². The Kier molecular flexibility index (Phi) is 3.39. The molecule has 0 aromatic heterocycles. The van der Waals surface area contributed by atoms with Crippen molar-refractivity contribution in [3.05, 3.63) is 70.3 Å². The standard InChI is InChI=1S/C18H21N/c1-13-7-8-15-9-10-18(17(15)11-13)19-12-16-6-4-3-5-14(16)2/h3-8,11,18-19H,9-10,12H2,1-2H3.